The highest BCUT2D eigenvalue weighted by Crippen LogP contribution is 2.22. The van der Waals surface area contributed by atoms with Crippen molar-refractivity contribution in [1.82, 2.24) is 4.90 Å². The molecular formula is C15H24NO2. The van der Waals surface area contributed by atoms with E-state index in [0.717, 1.165) is 30.0 Å². The normalized spacial score (nSPS) is 12.8. The van der Waals surface area contributed by atoms with Gasteiger partial charge < -0.3 is 14.7 Å². The first-order valence-corrected chi connectivity index (χ1v) is 6.59. The average Bonchev–Trinajstić information content (AvgIpc) is 2.35. The summed E-state index contributed by atoms with van der Waals surface area (Å²) < 4.78 is 5.72. The van der Waals surface area contributed by atoms with Gasteiger partial charge in [0.15, 0.2) is 0 Å². The van der Waals surface area contributed by atoms with Gasteiger partial charge in [-0.15, -0.1) is 0 Å². The van der Waals surface area contributed by atoms with Crippen LogP contribution >= 0.6 is 0 Å². The Hall–Kier alpha value is -1.06. The number of ether oxygens (including phenoxy) is 1. The monoisotopic (exact) mass is 250 g/mol. The Kier molecular flexibility index (Phi) is 6.16. The topological polar surface area (TPSA) is 32.7 Å². The lowest BCUT2D eigenvalue weighted by Crippen LogP contribution is -2.35. The number of aliphatic hydroxyl groups excluding tert-OH is 1. The van der Waals surface area contributed by atoms with Gasteiger partial charge in [-0.1, -0.05) is 13.8 Å². The van der Waals surface area contributed by atoms with Crippen LogP contribution in [0.4, 0.5) is 0 Å². The molecule has 0 amide bonds. The smallest absolute Gasteiger partial charge is 0.125 e. The number of nitrogens with zero attached hydrogens (tertiary/aromatic N) is 1. The molecule has 0 saturated carbocycles. The standard InChI is InChI=1S/C15H24NO2/c1-5-16(6-2)10-14(17)11-18-15-12(3)8-7-9-13(15)4/h8-9,14,17H,5-6,10-11H2,1-4H3. The van der Waals surface area contributed by atoms with Crippen LogP contribution in [0.15, 0.2) is 12.1 Å². The van der Waals surface area contributed by atoms with Crippen molar-refractivity contribution in [3.63, 3.8) is 0 Å². The molecule has 1 aromatic carbocycles. The van der Waals surface area contributed by atoms with Crippen LogP contribution in [0.25, 0.3) is 0 Å². The number of rotatable bonds is 7. The molecule has 1 rings (SSSR count). The Morgan fingerprint density at radius 1 is 1.22 bits per heavy atom. The molecule has 18 heavy (non-hydrogen) atoms. The van der Waals surface area contributed by atoms with Gasteiger partial charge in [0, 0.05) is 6.54 Å². The van der Waals surface area contributed by atoms with E-state index in [-0.39, 0.29) is 0 Å². The van der Waals surface area contributed by atoms with Gasteiger partial charge in [-0.3, -0.25) is 0 Å². The molecule has 1 radical (unpaired) electrons. The van der Waals surface area contributed by atoms with E-state index in [2.05, 4.69) is 24.8 Å². The molecule has 0 bridgehead atoms. The highest BCUT2D eigenvalue weighted by atomic mass is 16.5. The Balaban J connectivity index is 2.49. The van der Waals surface area contributed by atoms with Gasteiger partial charge in [-0.25, -0.2) is 0 Å². The Morgan fingerprint density at radius 2 is 1.78 bits per heavy atom. The molecule has 3 heteroatoms. The molecule has 0 aliphatic rings. The first-order valence-electron chi connectivity index (χ1n) is 6.59. The van der Waals surface area contributed by atoms with Gasteiger partial charge in [0.05, 0.1) is 0 Å². The molecule has 0 fully saturated rings. The number of likely N-dealkylation sites (N-methyl/N-ethyl adjacent to an activating group) is 1. The first kappa shape index (κ1) is 15.0. The molecule has 0 aliphatic carbocycles. The van der Waals surface area contributed by atoms with E-state index in [1.807, 2.05) is 26.0 Å². The maximum absolute atomic E-state index is 9.95. The fourth-order valence-corrected chi connectivity index (χ4v) is 1.97. The van der Waals surface area contributed by atoms with Crippen molar-refractivity contribution in [2.24, 2.45) is 0 Å². The Morgan fingerprint density at radius 3 is 2.28 bits per heavy atom. The van der Waals surface area contributed by atoms with Gasteiger partial charge in [0.1, 0.15) is 18.5 Å². The summed E-state index contributed by atoms with van der Waals surface area (Å²) in [5, 5.41) is 9.95. The van der Waals surface area contributed by atoms with Gasteiger partial charge >= 0.3 is 0 Å². The number of benzene rings is 1. The second-order valence-corrected chi connectivity index (χ2v) is 4.60. The van der Waals surface area contributed by atoms with Crippen molar-refractivity contribution in [3.05, 3.63) is 29.3 Å². The predicted molar refractivity (Wildman–Crippen MR) is 74.0 cm³/mol. The molecule has 1 N–H and O–H groups in total. The van der Waals surface area contributed by atoms with Gasteiger partial charge in [-0.05, 0) is 56.3 Å². The minimum Gasteiger partial charge on any atom is -0.490 e. The van der Waals surface area contributed by atoms with E-state index >= 15 is 0 Å². The third-order valence-electron chi connectivity index (χ3n) is 3.10. The SMILES string of the molecule is CCN(CC)CC(O)COc1c(C)c[c]cc1C. The lowest BCUT2D eigenvalue weighted by molar-refractivity contribution is 0.0711. The predicted octanol–water partition coefficient (Wildman–Crippen LogP) is 2.19. The third kappa shape index (κ3) is 4.31. The van der Waals surface area contributed by atoms with E-state index in [1.165, 1.54) is 0 Å². The van der Waals surface area contributed by atoms with E-state index in [9.17, 15) is 5.11 Å². The third-order valence-corrected chi connectivity index (χ3v) is 3.10. The molecule has 3 nitrogen and oxygen atoms in total. The lowest BCUT2D eigenvalue weighted by atomic mass is 10.1. The number of hydrogen-bond acceptors (Lipinski definition) is 3. The summed E-state index contributed by atoms with van der Waals surface area (Å²) in [4.78, 5) is 2.19. The van der Waals surface area contributed by atoms with Crippen molar-refractivity contribution in [1.29, 1.82) is 0 Å². The molecule has 0 spiro atoms. The maximum atomic E-state index is 9.95. The van der Waals surface area contributed by atoms with Crippen molar-refractivity contribution >= 4 is 0 Å². The molecule has 0 heterocycles. The van der Waals surface area contributed by atoms with Crippen LogP contribution in [-0.4, -0.2) is 42.4 Å². The Labute approximate surface area is 110 Å². The Bertz CT molecular complexity index is 341. The van der Waals surface area contributed by atoms with E-state index in [0.29, 0.717) is 13.2 Å². The summed E-state index contributed by atoms with van der Waals surface area (Å²) >= 11 is 0. The quantitative estimate of drug-likeness (QED) is 0.805. The number of aryl methyl sites for hydroxylation is 2. The minimum absolute atomic E-state index is 0.336. The lowest BCUT2D eigenvalue weighted by Gasteiger charge is -2.22. The van der Waals surface area contributed by atoms with Crippen LogP contribution in [0.5, 0.6) is 5.75 Å². The fourth-order valence-electron chi connectivity index (χ4n) is 1.97. The molecule has 1 atom stereocenters. The fraction of sp³-hybridized carbons (Fsp3) is 0.600. The summed E-state index contributed by atoms with van der Waals surface area (Å²) in [6.45, 7) is 11.1. The summed E-state index contributed by atoms with van der Waals surface area (Å²) in [5.41, 5.74) is 2.12. The zero-order valence-corrected chi connectivity index (χ0v) is 11.9. The minimum atomic E-state index is -0.451. The zero-order valence-electron chi connectivity index (χ0n) is 11.9. The molecule has 1 aromatic rings. The van der Waals surface area contributed by atoms with Crippen LogP contribution in [0.3, 0.4) is 0 Å². The molecule has 0 saturated heterocycles. The molecule has 101 valence electrons. The second kappa shape index (κ2) is 7.39. The summed E-state index contributed by atoms with van der Waals surface area (Å²) in [5.74, 6) is 0.868. The molecule has 0 aliphatic heterocycles. The van der Waals surface area contributed by atoms with Crippen LogP contribution < -0.4 is 4.74 Å². The van der Waals surface area contributed by atoms with Gasteiger partial charge in [0.25, 0.3) is 0 Å². The van der Waals surface area contributed by atoms with Crippen molar-refractivity contribution in [2.45, 2.75) is 33.8 Å². The first-order chi connectivity index (χ1) is 8.58. The van der Waals surface area contributed by atoms with Crippen molar-refractivity contribution < 1.29 is 9.84 Å². The molecule has 1 unspecified atom stereocenters. The van der Waals surface area contributed by atoms with Crippen LogP contribution in [0.1, 0.15) is 25.0 Å². The van der Waals surface area contributed by atoms with Crippen LogP contribution in [-0.2, 0) is 0 Å². The molecule has 0 aromatic heterocycles. The maximum Gasteiger partial charge on any atom is 0.125 e. The van der Waals surface area contributed by atoms with E-state index in [4.69, 9.17) is 4.74 Å². The summed E-state index contributed by atoms with van der Waals surface area (Å²) in [6.07, 6.45) is -0.451. The largest absolute Gasteiger partial charge is 0.490 e. The van der Waals surface area contributed by atoms with E-state index < -0.39 is 6.10 Å². The second-order valence-electron chi connectivity index (χ2n) is 4.60. The average molecular weight is 250 g/mol. The van der Waals surface area contributed by atoms with Gasteiger partial charge in [-0.2, -0.15) is 0 Å². The summed E-state index contributed by atoms with van der Waals surface area (Å²) in [6, 6.07) is 6.86. The van der Waals surface area contributed by atoms with Crippen LogP contribution in [0.2, 0.25) is 0 Å². The highest BCUT2D eigenvalue weighted by molar-refractivity contribution is 5.39. The van der Waals surface area contributed by atoms with Crippen molar-refractivity contribution in [2.75, 3.05) is 26.2 Å². The zero-order chi connectivity index (χ0) is 13.5. The van der Waals surface area contributed by atoms with Gasteiger partial charge in [0.2, 0.25) is 0 Å². The number of hydrogen-bond donors (Lipinski definition) is 1. The highest BCUT2D eigenvalue weighted by Gasteiger charge is 2.11. The van der Waals surface area contributed by atoms with Crippen molar-refractivity contribution in [3.8, 4) is 5.75 Å². The van der Waals surface area contributed by atoms with E-state index in [1.54, 1.807) is 0 Å². The number of aliphatic hydroxyl groups is 1. The molecular weight excluding hydrogens is 226 g/mol. The summed E-state index contributed by atoms with van der Waals surface area (Å²) in [7, 11) is 0. The van der Waals surface area contributed by atoms with Crippen LogP contribution in [0, 0.1) is 19.9 Å².